The van der Waals surface area contributed by atoms with Crippen molar-refractivity contribution in [2.75, 3.05) is 6.54 Å². The average molecular weight is 247 g/mol. The van der Waals surface area contributed by atoms with Crippen LogP contribution in [0.25, 0.3) is 0 Å². The van der Waals surface area contributed by atoms with E-state index in [0.29, 0.717) is 11.5 Å². The van der Waals surface area contributed by atoms with E-state index in [1.807, 2.05) is 0 Å². The molecule has 2 aliphatic rings. The predicted molar refractivity (Wildman–Crippen MR) is 73.6 cm³/mol. The maximum absolute atomic E-state index is 4.74. The highest BCUT2D eigenvalue weighted by Gasteiger charge is 2.43. The van der Waals surface area contributed by atoms with Crippen molar-refractivity contribution >= 4 is 0 Å². The van der Waals surface area contributed by atoms with E-state index in [0.717, 1.165) is 18.9 Å². The standard InChI is InChI=1S/C15H25N3/c1-3-12(2)18-9-6-14(17-18)10-15(7-8-15)11-16-13-4-5-13/h6,9,12-13,16H,3-5,7-8,10-11H2,1-2H3. The van der Waals surface area contributed by atoms with Crippen molar-refractivity contribution in [3.63, 3.8) is 0 Å². The molecule has 1 aromatic rings. The van der Waals surface area contributed by atoms with Crippen LogP contribution in [0.15, 0.2) is 12.3 Å². The van der Waals surface area contributed by atoms with Gasteiger partial charge in [-0.3, -0.25) is 4.68 Å². The predicted octanol–water partition coefficient (Wildman–Crippen LogP) is 2.93. The molecule has 0 spiro atoms. The largest absolute Gasteiger partial charge is 0.313 e. The van der Waals surface area contributed by atoms with Crippen molar-refractivity contribution in [2.45, 2.75) is 64.5 Å². The second-order valence-corrected chi connectivity index (χ2v) is 6.38. The smallest absolute Gasteiger partial charge is 0.0630 e. The molecule has 1 atom stereocenters. The zero-order chi connectivity index (χ0) is 12.6. The van der Waals surface area contributed by atoms with Gasteiger partial charge >= 0.3 is 0 Å². The maximum atomic E-state index is 4.74. The Kier molecular flexibility index (Phi) is 3.18. The highest BCUT2D eigenvalue weighted by Crippen LogP contribution is 2.48. The summed E-state index contributed by atoms with van der Waals surface area (Å²) in [4.78, 5) is 0. The van der Waals surface area contributed by atoms with Gasteiger partial charge in [0, 0.05) is 24.8 Å². The molecule has 0 radical (unpaired) electrons. The van der Waals surface area contributed by atoms with E-state index >= 15 is 0 Å². The fourth-order valence-electron chi connectivity index (χ4n) is 2.53. The van der Waals surface area contributed by atoms with Crippen LogP contribution in [-0.4, -0.2) is 22.4 Å². The van der Waals surface area contributed by atoms with Gasteiger partial charge < -0.3 is 5.32 Å². The van der Waals surface area contributed by atoms with Crippen molar-refractivity contribution in [1.82, 2.24) is 15.1 Å². The van der Waals surface area contributed by atoms with E-state index in [9.17, 15) is 0 Å². The Morgan fingerprint density at radius 3 is 2.89 bits per heavy atom. The summed E-state index contributed by atoms with van der Waals surface area (Å²) in [5, 5.41) is 8.42. The topological polar surface area (TPSA) is 29.9 Å². The van der Waals surface area contributed by atoms with E-state index in [2.05, 4.69) is 36.1 Å². The molecule has 1 heterocycles. The molecule has 0 aromatic carbocycles. The molecule has 0 saturated heterocycles. The van der Waals surface area contributed by atoms with E-state index in [1.54, 1.807) is 0 Å². The first-order valence-electron chi connectivity index (χ1n) is 7.48. The van der Waals surface area contributed by atoms with E-state index in [-0.39, 0.29) is 0 Å². The number of aromatic nitrogens is 2. The highest BCUT2D eigenvalue weighted by atomic mass is 15.3. The third-order valence-corrected chi connectivity index (χ3v) is 4.56. The Hall–Kier alpha value is -0.830. The first-order chi connectivity index (χ1) is 8.71. The molecular weight excluding hydrogens is 222 g/mol. The van der Waals surface area contributed by atoms with Gasteiger partial charge in [0.15, 0.2) is 0 Å². The molecule has 2 saturated carbocycles. The lowest BCUT2D eigenvalue weighted by atomic mass is 10.0. The van der Waals surface area contributed by atoms with Gasteiger partial charge in [-0.1, -0.05) is 6.92 Å². The average Bonchev–Trinajstić information content (AvgIpc) is 3.27. The lowest BCUT2D eigenvalue weighted by molar-refractivity contribution is 0.434. The molecule has 100 valence electrons. The van der Waals surface area contributed by atoms with Crippen LogP contribution >= 0.6 is 0 Å². The molecule has 18 heavy (non-hydrogen) atoms. The molecule has 1 aromatic heterocycles. The Bertz CT molecular complexity index is 402. The minimum atomic E-state index is 0.526. The zero-order valence-corrected chi connectivity index (χ0v) is 11.7. The summed E-state index contributed by atoms with van der Waals surface area (Å²) in [7, 11) is 0. The molecule has 0 bridgehead atoms. The summed E-state index contributed by atoms with van der Waals surface area (Å²) in [6, 6.07) is 3.57. The lowest BCUT2D eigenvalue weighted by Crippen LogP contribution is -2.27. The zero-order valence-electron chi connectivity index (χ0n) is 11.7. The van der Waals surface area contributed by atoms with E-state index in [4.69, 9.17) is 5.10 Å². The Balaban J connectivity index is 1.56. The molecular formula is C15H25N3. The fraction of sp³-hybridized carbons (Fsp3) is 0.800. The SMILES string of the molecule is CCC(C)n1ccc(CC2(CNC3CC3)CC2)n1. The second-order valence-electron chi connectivity index (χ2n) is 6.38. The van der Waals surface area contributed by atoms with Crippen molar-refractivity contribution in [1.29, 1.82) is 0 Å². The molecule has 0 aliphatic heterocycles. The van der Waals surface area contributed by atoms with Crippen molar-refractivity contribution < 1.29 is 0 Å². The molecule has 2 aliphatic carbocycles. The van der Waals surface area contributed by atoms with Gasteiger partial charge in [0.2, 0.25) is 0 Å². The van der Waals surface area contributed by atoms with Crippen LogP contribution in [0.1, 0.15) is 57.7 Å². The number of nitrogens with zero attached hydrogens (tertiary/aromatic N) is 2. The monoisotopic (exact) mass is 247 g/mol. The first kappa shape index (κ1) is 12.2. The van der Waals surface area contributed by atoms with Crippen LogP contribution in [-0.2, 0) is 6.42 Å². The lowest BCUT2D eigenvalue weighted by Gasteiger charge is -2.14. The summed E-state index contributed by atoms with van der Waals surface area (Å²) in [6.07, 6.45) is 9.99. The normalized spacial score (nSPS) is 23.0. The molecule has 3 heteroatoms. The summed E-state index contributed by atoms with van der Waals surface area (Å²) < 4.78 is 2.12. The van der Waals surface area contributed by atoms with E-state index < -0.39 is 0 Å². The molecule has 0 amide bonds. The minimum Gasteiger partial charge on any atom is -0.313 e. The number of hydrogen-bond donors (Lipinski definition) is 1. The second kappa shape index (κ2) is 4.69. The third kappa shape index (κ3) is 2.77. The maximum Gasteiger partial charge on any atom is 0.0630 e. The summed E-state index contributed by atoms with van der Waals surface area (Å²) in [5.74, 6) is 0. The molecule has 1 N–H and O–H groups in total. The number of nitrogens with one attached hydrogen (secondary N) is 1. The number of rotatable bonds is 7. The van der Waals surface area contributed by atoms with Gasteiger partial charge in [0.05, 0.1) is 5.69 Å². The van der Waals surface area contributed by atoms with Crippen LogP contribution < -0.4 is 5.32 Å². The molecule has 3 rings (SSSR count). The summed E-state index contributed by atoms with van der Waals surface area (Å²) in [5.41, 5.74) is 1.82. The first-order valence-corrected chi connectivity index (χ1v) is 7.48. The molecule has 1 unspecified atom stereocenters. The Labute approximate surface area is 110 Å². The highest BCUT2D eigenvalue weighted by molar-refractivity contribution is 5.09. The third-order valence-electron chi connectivity index (χ3n) is 4.56. The van der Waals surface area contributed by atoms with E-state index in [1.165, 1.54) is 37.9 Å². The van der Waals surface area contributed by atoms with Crippen LogP contribution in [0, 0.1) is 5.41 Å². The van der Waals surface area contributed by atoms with Crippen LogP contribution in [0.4, 0.5) is 0 Å². The summed E-state index contributed by atoms with van der Waals surface area (Å²) in [6.45, 7) is 5.65. The van der Waals surface area contributed by atoms with Gasteiger partial charge in [-0.25, -0.2) is 0 Å². The van der Waals surface area contributed by atoms with Gasteiger partial charge in [-0.05, 0) is 56.9 Å². The van der Waals surface area contributed by atoms with Crippen molar-refractivity contribution in [2.24, 2.45) is 5.41 Å². The number of hydrogen-bond acceptors (Lipinski definition) is 2. The quantitative estimate of drug-likeness (QED) is 0.803. The molecule has 2 fully saturated rings. The molecule has 3 nitrogen and oxygen atoms in total. The van der Waals surface area contributed by atoms with Crippen molar-refractivity contribution in [3.8, 4) is 0 Å². The van der Waals surface area contributed by atoms with Crippen LogP contribution in [0.5, 0.6) is 0 Å². The van der Waals surface area contributed by atoms with Crippen LogP contribution in [0.3, 0.4) is 0 Å². The van der Waals surface area contributed by atoms with Gasteiger partial charge in [0.1, 0.15) is 0 Å². The van der Waals surface area contributed by atoms with Gasteiger partial charge in [-0.2, -0.15) is 5.10 Å². The fourth-order valence-corrected chi connectivity index (χ4v) is 2.53. The summed E-state index contributed by atoms with van der Waals surface area (Å²) >= 11 is 0. The van der Waals surface area contributed by atoms with Crippen LogP contribution in [0.2, 0.25) is 0 Å². The van der Waals surface area contributed by atoms with Crippen molar-refractivity contribution in [3.05, 3.63) is 18.0 Å². The Morgan fingerprint density at radius 1 is 1.50 bits per heavy atom. The van der Waals surface area contributed by atoms with Gasteiger partial charge in [-0.15, -0.1) is 0 Å². The minimum absolute atomic E-state index is 0.526. The van der Waals surface area contributed by atoms with Gasteiger partial charge in [0.25, 0.3) is 0 Å². The Morgan fingerprint density at radius 2 is 2.28 bits per heavy atom.